The number of anilines is 3. The maximum absolute atomic E-state index is 12.4. The maximum atomic E-state index is 12.4. The molecule has 0 saturated carbocycles. The van der Waals surface area contributed by atoms with Crippen LogP contribution in [0.2, 0.25) is 0 Å². The Labute approximate surface area is 147 Å². The summed E-state index contributed by atoms with van der Waals surface area (Å²) in [6.07, 6.45) is 0.748. The first-order valence-electron chi connectivity index (χ1n) is 8.28. The van der Waals surface area contributed by atoms with Crippen LogP contribution >= 0.6 is 0 Å². The largest absolute Gasteiger partial charge is 0.356 e. The molecule has 0 saturated heterocycles. The lowest BCUT2D eigenvalue weighted by Crippen LogP contribution is -2.49. The smallest absolute Gasteiger partial charge is 0.312 e. The molecule has 2 aromatic rings. The highest BCUT2D eigenvalue weighted by Crippen LogP contribution is 2.19. The van der Waals surface area contributed by atoms with Gasteiger partial charge < -0.3 is 21.7 Å². The van der Waals surface area contributed by atoms with Gasteiger partial charge in [0.05, 0.1) is 0 Å². The van der Waals surface area contributed by atoms with Gasteiger partial charge in [-0.05, 0) is 42.3 Å². The van der Waals surface area contributed by atoms with Gasteiger partial charge in [-0.25, -0.2) is 4.79 Å². The molecule has 25 heavy (non-hydrogen) atoms. The quantitative estimate of drug-likeness (QED) is 0.621. The van der Waals surface area contributed by atoms with Crippen LogP contribution in [0, 0.1) is 5.92 Å². The Morgan fingerprint density at radius 3 is 2.08 bits per heavy atom. The molecule has 6 heteroatoms. The zero-order chi connectivity index (χ0) is 18.2. The summed E-state index contributed by atoms with van der Waals surface area (Å²) in [5.74, 6) is -0.302. The number of hydrogen-bond acceptors (Lipinski definition) is 3. The van der Waals surface area contributed by atoms with Crippen molar-refractivity contribution in [2.45, 2.75) is 26.3 Å². The van der Waals surface area contributed by atoms with E-state index in [-0.39, 0.29) is 11.8 Å². The summed E-state index contributed by atoms with van der Waals surface area (Å²) >= 11 is 0. The zero-order valence-electron chi connectivity index (χ0n) is 14.5. The summed E-state index contributed by atoms with van der Waals surface area (Å²) in [5, 5.41) is 8.60. The van der Waals surface area contributed by atoms with Gasteiger partial charge in [0.15, 0.2) is 0 Å². The third kappa shape index (κ3) is 5.53. The molecule has 6 nitrogen and oxygen atoms in total. The van der Waals surface area contributed by atoms with E-state index in [1.807, 2.05) is 56.3 Å². The monoisotopic (exact) mass is 340 g/mol. The molecule has 0 aliphatic carbocycles. The van der Waals surface area contributed by atoms with E-state index in [1.165, 1.54) is 0 Å². The van der Waals surface area contributed by atoms with Crippen molar-refractivity contribution in [3.05, 3.63) is 54.6 Å². The highest BCUT2D eigenvalue weighted by molar-refractivity contribution is 5.97. The minimum absolute atomic E-state index is 0.0217. The number of amides is 3. The van der Waals surface area contributed by atoms with Crippen molar-refractivity contribution in [3.63, 3.8) is 0 Å². The highest BCUT2D eigenvalue weighted by atomic mass is 16.2. The van der Waals surface area contributed by atoms with Crippen LogP contribution in [0.15, 0.2) is 54.6 Å². The highest BCUT2D eigenvalue weighted by Gasteiger charge is 2.25. The van der Waals surface area contributed by atoms with E-state index in [1.54, 1.807) is 12.1 Å². The van der Waals surface area contributed by atoms with Crippen molar-refractivity contribution in [2.24, 2.45) is 11.7 Å². The number of para-hydroxylation sites is 1. The van der Waals surface area contributed by atoms with Crippen LogP contribution in [0.4, 0.5) is 21.9 Å². The number of nitrogens with one attached hydrogen (secondary N) is 3. The summed E-state index contributed by atoms with van der Waals surface area (Å²) in [7, 11) is 0. The van der Waals surface area contributed by atoms with Gasteiger partial charge in [0.25, 0.3) is 0 Å². The van der Waals surface area contributed by atoms with Gasteiger partial charge in [0, 0.05) is 17.1 Å². The fraction of sp³-hybridized carbons (Fsp3) is 0.263. The first kappa shape index (κ1) is 18.3. The van der Waals surface area contributed by atoms with Crippen molar-refractivity contribution in [1.82, 2.24) is 5.32 Å². The Balaban J connectivity index is 2.01. The van der Waals surface area contributed by atoms with Crippen molar-refractivity contribution >= 4 is 29.0 Å². The number of nitrogens with two attached hydrogens (primary N) is 1. The van der Waals surface area contributed by atoms with Gasteiger partial charge in [-0.1, -0.05) is 38.5 Å². The van der Waals surface area contributed by atoms with E-state index >= 15 is 0 Å². The van der Waals surface area contributed by atoms with Crippen molar-refractivity contribution < 1.29 is 9.59 Å². The molecule has 2 unspecified atom stereocenters. The first-order chi connectivity index (χ1) is 12.0. The van der Waals surface area contributed by atoms with Gasteiger partial charge in [-0.3, -0.25) is 4.79 Å². The van der Waals surface area contributed by atoms with E-state index < -0.39 is 12.1 Å². The van der Waals surface area contributed by atoms with Crippen molar-refractivity contribution in [2.75, 3.05) is 10.6 Å². The Morgan fingerprint density at radius 1 is 0.960 bits per heavy atom. The molecule has 0 spiro atoms. The first-order valence-corrected chi connectivity index (χ1v) is 8.28. The molecule has 0 fully saturated rings. The molecule has 0 aromatic heterocycles. The average Bonchev–Trinajstić information content (AvgIpc) is 2.61. The second-order valence-electron chi connectivity index (χ2n) is 5.93. The molecule has 132 valence electrons. The number of hydrogen-bond donors (Lipinski definition) is 4. The van der Waals surface area contributed by atoms with Gasteiger partial charge in [-0.2, -0.15) is 0 Å². The fourth-order valence-corrected chi connectivity index (χ4v) is 2.40. The van der Waals surface area contributed by atoms with Crippen LogP contribution in [0.5, 0.6) is 0 Å². The lowest BCUT2D eigenvalue weighted by atomic mass is 9.98. The minimum atomic E-state index is -0.706. The molecule has 2 rings (SSSR count). The number of benzene rings is 2. The van der Waals surface area contributed by atoms with Gasteiger partial charge in [0.1, 0.15) is 6.04 Å². The van der Waals surface area contributed by atoms with E-state index in [4.69, 9.17) is 5.73 Å². The van der Waals surface area contributed by atoms with E-state index in [9.17, 15) is 9.59 Å². The molecule has 5 N–H and O–H groups in total. The molecule has 0 bridgehead atoms. The number of carbonyl (C=O) groups excluding carboxylic acids is 2. The van der Waals surface area contributed by atoms with Crippen molar-refractivity contribution in [1.29, 1.82) is 0 Å². The molecule has 2 aromatic carbocycles. The maximum Gasteiger partial charge on any atom is 0.312 e. The number of primary amides is 1. The average molecular weight is 340 g/mol. The third-order valence-electron chi connectivity index (χ3n) is 4.01. The molecule has 0 radical (unpaired) electrons. The Morgan fingerprint density at radius 2 is 1.52 bits per heavy atom. The zero-order valence-corrected chi connectivity index (χ0v) is 14.5. The van der Waals surface area contributed by atoms with Crippen LogP contribution < -0.4 is 21.7 Å². The summed E-state index contributed by atoms with van der Waals surface area (Å²) in [6.45, 7) is 3.85. The number of carbonyl (C=O) groups is 2. The van der Waals surface area contributed by atoms with Crippen LogP contribution in [0.25, 0.3) is 0 Å². The van der Waals surface area contributed by atoms with Gasteiger partial charge in [-0.15, -0.1) is 0 Å². The predicted octanol–water partition coefficient (Wildman–Crippen LogP) is 3.45. The molecule has 0 aliphatic heterocycles. The Bertz CT molecular complexity index is 701. The second kappa shape index (κ2) is 8.73. The van der Waals surface area contributed by atoms with E-state index in [2.05, 4.69) is 16.0 Å². The molecule has 0 heterocycles. The van der Waals surface area contributed by atoms with Crippen LogP contribution in [-0.2, 0) is 4.79 Å². The number of rotatable bonds is 7. The van der Waals surface area contributed by atoms with Crippen LogP contribution in [0.1, 0.15) is 20.3 Å². The third-order valence-corrected chi connectivity index (χ3v) is 4.01. The molecule has 3 amide bonds. The number of urea groups is 1. The van der Waals surface area contributed by atoms with Gasteiger partial charge in [0.2, 0.25) is 5.91 Å². The second-order valence-corrected chi connectivity index (χ2v) is 5.93. The predicted molar refractivity (Wildman–Crippen MR) is 101 cm³/mol. The normalized spacial score (nSPS) is 12.7. The fourth-order valence-electron chi connectivity index (χ4n) is 2.40. The summed E-state index contributed by atoms with van der Waals surface area (Å²) < 4.78 is 0. The van der Waals surface area contributed by atoms with E-state index in [0.717, 1.165) is 17.8 Å². The van der Waals surface area contributed by atoms with Gasteiger partial charge >= 0.3 is 6.03 Å². The van der Waals surface area contributed by atoms with E-state index in [0.29, 0.717) is 5.69 Å². The summed E-state index contributed by atoms with van der Waals surface area (Å²) in [4.78, 5) is 23.6. The summed E-state index contributed by atoms with van der Waals surface area (Å²) in [6, 6.07) is 15.8. The topological polar surface area (TPSA) is 96.2 Å². The van der Waals surface area contributed by atoms with Crippen LogP contribution in [-0.4, -0.2) is 18.0 Å². The molecule has 0 aliphatic rings. The lowest BCUT2D eigenvalue weighted by Gasteiger charge is -2.22. The molecular formula is C19H24N4O2. The standard InChI is InChI=1S/C19H24N4O2/c1-3-13(2)17(23-19(20)25)18(24)22-16-11-9-15(10-12-16)21-14-7-5-4-6-8-14/h4-13,17,21H,3H2,1-2H3,(H,22,24)(H3,20,23,25). The minimum Gasteiger partial charge on any atom is -0.356 e. The summed E-state index contributed by atoms with van der Waals surface area (Å²) in [5.41, 5.74) is 7.73. The Hall–Kier alpha value is -3.02. The molecule has 2 atom stereocenters. The SMILES string of the molecule is CCC(C)C(NC(N)=O)C(=O)Nc1ccc(Nc2ccccc2)cc1. The lowest BCUT2D eigenvalue weighted by molar-refractivity contribution is -0.119. The molecular weight excluding hydrogens is 316 g/mol. The van der Waals surface area contributed by atoms with Crippen LogP contribution in [0.3, 0.4) is 0 Å². The Kier molecular flexibility index (Phi) is 6.39. The van der Waals surface area contributed by atoms with Crippen molar-refractivity contribution in [3.8, 4) is 0 Å².